The Labute approximate surface area is 146 Å². The van der Waals surface area contributed by atoms with Crippen LogP contribution in [0.5, 0.6) is 0 Å². The van der Waals surface area contributed by atoms with Gasteiger partial charge in [-0.1, -0.05) is 35.5 Å². The number of furan rings is 1. The second-order valence-electron chi connectivity index (χ2n) is 5.92. The first kappa shape index (κ1) is 17.0. The summed E-state index contributed by atoms with van der Waals surface area (Å²) in [7, 11) is 2.00. The summed E-state index contributed by atoms with van der Waals surface area (Å²) in [6, 6.07) is 15.6. The van der Waals surface area contributed by atoms with Crippen molar-refractivity contribution in [3.05, 3.63) is 77.6 Å². The Morgan fingerprint density at radius 3 is 2.72 bits per heavy atom. The Balaban J connectivity index is 1.47. The van der Waals surface area contributed by atoms with Crippen molar-refractivity contribution in [3.8, 4) is 0 Å². The third kappa shape index (κ3) is 5.06. The average molecular weight is 339 g/mol. The van der Waals surface area contributed by atoms with E-state index in [1.54, 1.807) is 12.3 Å². The van der Waals surface area contributed by atoms with Crippen LogP contribution in [-0.4, -0.2) is 29.6 Å². The highest BCUT2D eigenvalue weighted by molar-refractivity contribution is 5.92. The van der Waals surface area contributed by atoms with Crippen molar-refractivity contribution in [1.29, 1.82) is 0 Å². The molecule has 0 saturated carbocycles. The molecule has 0 unspecified atom stereocenters. The maximum absolute atomic E-state index is 12.1. The Hall–Kier alpha value is -2.86. The molecule has 0 fully saturated rings. The summed E-state index contributed by atoms with van der Waals surface area (Å²) in [5, 5.41) is 6.66. The average Bonchev–Trinajstić information content (AvgIpc) is 3.27. The van der Waals surface area contributed by atoms with Crippen LogP contribution in [0.25, 0.3) is 0 Å². The van der Waals surface area contributed by atoms with Gasteiger partial charge in [-0.2, -0.15) is 0 Å². The summed E-state index contributed by atoms with van der Waals surface area (Å²) in [6.45, 7) is 1.87. The molecular formula is C19H21N3O3. The largest absolute Gasteiger partial charge is 0.469 e. The number of benzene rings is 1. The summed E-state index contributed by atoms with van der Waals surface area (Å²) in [5.41, 5.74) is 1.52. The number of nitrogens with one attached hydrogen (secondary N) is 1. The van der Waals surface area contributed by atoms with Crippen molar-refractivity contribution in [2.24, 2.45) is 0 Å². The van der Waals surface area contributed by atoms with Gasteiger partial charge in [0.05, 0.1) is 12.8 Å². The zero-order valence-electron chi connectivity index (χ0n) is 14.1. The molecule has 3 aromatic rings. The second-order valence-corrected chi connectivity index (χ2v) is 5.92. The van der Waals surface area contributed by atoms with Crippen LogP contribution in [0, 0.1) is 0 Å². The molecule has 0 saturated heterocycles. The van der Waals surface area contributed by atoms with Crippen LogP contribution in [0.4, 0.5) is 0 Å². The molecule has 3 rings (SSSR count). The number of amides is 1. The molecule has 1 amide bonds. The smallest absolute Gasteiger partial charge is 0.273 e. The number of nitrogens with zero attached hydrogens (tertiary/aromatic N) is 2. The van der Waals surface area contributed by atoms with E-state index in [0.29, 0.717) is 31.0 Å². The normalized spacial score (nSPS) is 11.0. The number of rotatable bonds is 8. The van der Waals surface area contributed by atoms with E-state index in [1.807, 2.05) is 37.4 Å². The van der Waals surface area contributed by atoms with Crippen LogP contribution >= 0.6 is 0 Å². The molecule has 6 heteroatoms. The molecule has 0 spiro atoms. The van der Waals surface area contributed by atoms with Crippen LogP contribution in [0.15, 0.2) is 63.7 Å². The minimum Gasteiger partial charge on any atom is -0.469 e. The Bertz CT molecular complexity index is 781. The molecule has 2 aromatic heterocycles. The Kier molecular flexibility index (Phi) is 5.64. The molecule has 25 heavy (non-hydrogen) atoms. The van der Waals surface area contributed by atoms with Gasteiger partial charge in [0, 0.05) is 25.6 Å². The molecule has 0 aliphatic carbocycles. The minimum atomic E-state index is -0.243. The van der Waals surface area contributed by atoms with E-state index in [1.165, 1.54) is 5.56 Å². The first-order valence-electron chi connectivity index (χ1n) is 8.19. The predicted molar refractivity (Wildman–Crippen MR) is 92.9 cm³/mol. The first-order chi connectivity index (χ1) is 12.2. The van der Waals surface area contributed by atoms with Crippen molar-refractivity contribution in [1.82, 2.24) is 15.4 Å². The molecule has 0 bridgehead atoms. The molecule has 130 valence electrons. The van der Waals surface area contributed by atoms with Crippen LogP contribution in [0.1, 0.15) is 27.6 Å². The highest BCUT2D eigenvalue weighted by Gasteiger charge is 2.13. The molecule has 0 radical (unpaired) electrons. The van der Waals surface area contributed by atoms with E-state index in [2.05, 4.69) is 27.5 Å². The molecule has 1 aromatic carbocycles. The zero-order valence-corrected chi connectivity index (χ0v) is 14.1. The first-order valence-corrected chi connectivity index (χ1v) is 8.19. The Morgan fingerprint density at radius 2 is 1.96 bits per heavy atom. The summed E-state index contributed by atoms with van der Waals surface area (Å²) in [4.78, 5) is 14.2. The monoisotopic (exact) mass is 339 g/mol. The predicted octanol–water partition coefficient (Wildman–Crippen LogP) is 2.87. The lowest BCUT2D eigenvalue weighted by Crippen LogP contribution is -2.25. The molecule has 2 heterocycles. The van der Waals surface area contributed by atoms with Gasteiger partial charge in [0.15, 0.2) is 11.5 Å². The SMILES string of the molecule is CN(Cc1ccccc1)Cc1cc(C(=O)NCCc2ccco2)no1. The molecule has 1 N–H and O–H groups in total. The van der Waals surface area contributed by atoms with Gasteiger partial charge in [0.2, 0.25) is 0 Å². The molecule has 6 nitrogen and oxygen atoms in total. The maximum Gasteiger partial charge on any atom is 0.273 e. The fourth-order valence-electron chi connectivity index (χ4n) is 2.56. The van der Waals surface area contributed by atoms with E-state index >= 15 is 0 Å². The van der Waals surface area contributed by atoms with Gasteiger partial charge in [-0.25, -0.2) is 0 Å². The van der Waals surface area contributed by atoms with Crippen molar-refractivity contribution in [2.75, 3.05) is 13.6 Å². The van der Waals surface area contributed by atoms with Crippen molar-refractivity contribution in [2.45, 2.75) is 19.5 Å². The van der Waals surface area contributed by atoms with E-state index < -0.39 is 0 Å². The van der Waals surface area contributed by atoms with Gasteiger partial charge < -0.3 is 14.3 Å². The second kappa shape index (κ2) is 8.30. The third-order valence-electron chi connectivity index (χ3n) is 3.75. The van der Waals surface area contributed by atoms with Crippen LogP contribution in [0.3, 0.4) is 0 Å². The lowest BCUT2D eigenvalue weighted by molar-refractivity contribution is 0.0944. The number of carbonyl (C=O) groups is 1. The van der Waals surface area contributed by atoms with Crippen LogP contribution in [0.2, 0.25) is 0 Å². The topological polar surface area (TPSA) is 71.5 Å². The van der Waals surface area contributed by atoms with Gasteiger partial charge in [-0.3, -0.25) is 9.69 Å². The maximum atomic E-state index is 12.1. The fraction of sp³-hybridized carbons (Fsp3) is 0.263. The minimum absolute atomic E-state index is 0.243. The highest BCUT2D eigenvalue weighted by atomic mass is 16.5. The van der Waals surface area contributed by atoms with E-state index in [4.69, 9.17) is 8.94 Å². The van der Waals surface area contributed by atoms with Crippen molar-refractivity contribution >= 4 is 5.91 Å². The van der Waals surface area contributed by atoms with Gasteiger partial charge in [0.25, 0.3) is 5.91 Å². The summed E-state index contributed by atoms with van der Waals surface area (Å²) in [5.74, 6) is 1.26. The van der Waals surface area contributed by atoms with Crippen molar-refractivity contribution < 1.29 is 13.7 Å². The zero-order chi connectivity index (χ0) is 17.5. The lowest BCUT2D eigenvalue weighted by atomic mass is 10.2. The molecule has 0 atom stereocenters. The van der Waals surface area contributed by atoms with E-state index in [0.717, 1.165) is 12.3 Å². The molecular weight excluding hydrogens is 318 g/mol. The number of hydrogen-bond donors (Lipinski definition) is 1. The lowest BCUT2D eigenvalue weighted by Gasteiger charge is -2.14. The number of carbonyl (C=O) groups excluding carboxylic acids is 1. The molecule has 0 aliphatic heterocycles. The van der Waals surface area contributed by atoms with Gasteiger partial charge >= 0.3 is 0 Å². The van der Waals surface area contributed by atoms with Gasteiger partial charge in [-0.05, 0) is 24.7 Å². The van der Waals surface area contributed by atoms with Gasteiger partial charge in [-0.15, -0.1) is 0 Å². The quantitative estimate of drug-likeness (QED) is 0.683. The van der Waals surface area contributed by atoms with Crippen molar-refractivity contribution in [3.63, 3.8) is 0 Å². The fourth-order valence-corrected chi connectivity index (χ4v) is 2.56. The summed E-state index contributed by atoms with van der Waals surface area (Å²) >= 11 is 0. The number of hydrogen-bond acceptors (Lipinski definition) is 5. The van der Waals surface area contributed by atoms with E-state index in [-0.39, 0.29) is 5.91 Å². The van der Waals surface area contributed by atoms with Gasteiger partial charge in [0.1, 0.15) is 5.76 Å². The van der Waals surface area contributed by atoms with Crippen LogP contribution in [-0.2, 0) is 19.5 Å². The summed E-state index contributed by atoms with van der Waals surface area (Å²) < 4.78 is 10.5. The summed E-state index contributed by atoms with van der Waals surface area (Å²) in [6.07, 6.45) is 2.26. The highest BCUT2D eigenvalue weighted by Crippen LogP contribution is 2.10. The molecule has 0 aliphatic rings. The third-order valence-corrected chi connectivity index (χ3v) is 3.75. The standard InChI is InChI=1S/C19H21N3O3/c1-22(13-15-6-3-2-4-7-15)14-17-12-18(21-25-17)19(23)20-10-9-16-8-5-11-24-16/h2-8,11-12H,9-10,13-14H2,1H3,(H,20,23). The Morgan fingerprint density at radius 1 is 1.12 bits per heavy atom. The van der Waals surface area contributed by atoms with E-state index in [9.17, 15) is 4.79 Å². The number of aromatic nitrogens is 1. The van der Waals surface area contributed by atoms with Crippen LogP contribution < -0.4 is 5.32 Å².